The van der Waals surface area contributed by atoms with E-state index in [0.717, 1.165) is 27.8 Å². The summed E-state index contributed by atoms with van der Waals surface area (Å²) in [6.07, 6.45) is 5.63. The van der Waals surface area contributed by atoms with Crippen LogP contribution in [-0.4, -0.2) is 23.0 Å². The van der Waals surface area contributed by atoms with Gasteiger partial charge in [0.05, 0.1) is 13.5 Å². The molecule has 112 valence electrons. The number of nitrogens with zero attached hydrogens (tertiary/aromatic N) is 1. The maximum atomic E-state index is 12.1. The van der Waals surface area contributed by atoms with Crippen LogP contribution in [0.1, 0.15) is 11.1 Å². The molecule has 0 atom stereocenters. The van der Waals surface area contributed by atoms with Crippen molar-refractivity contribution in [3.8, 4) is 5.75 Å². The molecule has 0 saturated heterocycles. The van der Waals surface area contributed by atoms with Gasteiger partial charge < -0.3 is 15.0 Å². The van der Waals surface area contributed by atoms with Crippen LogP contribution >= 0.6 is 0 Å². The molecule has 0 spiro atoms. The third kappa shape index (κ3) is 3.09. The molecule has 22 heavy (non-hydrogen) atoms. The van der Waals surface area contributed by atoms with E-state index in [2.05, 4.69) is 15.3 Å². The second-order valence-corrected chi connectivity index (χ2v) is 5.03. The molecule has 3 aromatic rings. The van der Waals surface area contributed by atoms with Crippen molar-refractivity contribution in [3.05, 3.63) is 60.0 Å². The van der Waals surface area contributed by atoms with Gasteiger partial charge >= 0.3 is 0 Å². The van der Waals surface area contributed by atoms with Gasteiger partial charge in [0, 0.05) is 36.0 Å². The molecule has 0 saturated carbocycles. The molecule has 0 aliphatic rings. The maximum absolute atomic E-state index is 12.1. The summed E-state index contributed by atoms with van der Waals surface area (Å²) in [6, 6.07) is 9.56. The van der Waals surface area contributed by atoms with Crippen LogP contribution in [-0.2, 0) is 17.8 Å². The lowest BCUT2D eigenvalue weighted by atomic mass is 10.1. The number of pyridine rings is 1. The van der Waals surface area contributed by atoms with Crippen molar-refractivity contribution in [2.75, 3.05) is 7.11 Å². The highest BCUT2D eigenvalue weighted by Gasteiger charge is 2.09. The molecule has 5 nitrogen and oxygen atoms in total. The highest BCUT2D eigenvalue weighted by atomic mass is 16.5. The van der Waals surface area contributed by atoms with Gasteiger partial charge in [-0.25, -0.2) is 0 Å². The highest BCUT2D eigenvalue weighted by Crippen LogP contribution is 2.23. The van der Waals surface area contributed by atoms with Gasteiger partial charge in [-0.1, -0.05) is 0 Å². The fraction of sp³-hybridized carbons (Fsp3) is 0.176. The van der Waals surface area contributed by atoms with Gasteiger partial charge in [0.25, 0.3) is 0 Å². The lowest BCUT2D eigenvalue weighted by Gasteiger charge is -2.05. The predicted molar refractivity (Wildman–Crippen MR) is 84.6 cm³/mol. The molecule has 5 heteroatoms. The SMILES string of the molecule is COc1ccc2[nH]cc(CC(=O)NCc3ccncc3)c2c1. The number of methoxy groups -OCH3 is 1. The van der Waals surface area contributed by atoms with Crippen molar-refractivity contribution < 1.29 is 9.53 Å². The normalized spacial score (nSPS) is 10.6. The maximum Gasteiger partial charge on any atom is 0.224 e. The number of rotatable bonds is 5. The Balaban J connectivity index is 1.68. The molecule has 2 N–H and O–H groups in total. The van der Waals surface area contributed by atoms with Crippen molar-refractivity contribution in [1.29, 1.82) is 0 Å². The molecule has 2 heterocycles. The Morgan fingerprint density at radius 1 is 1.27 bits per heavy atom. The number of ether oxygens (including phenoxy) is 1. The Morgan fingerprint density at radius 2 is 2.09 bits per heavy atom. The summed E-state index contributed by atoms with van der Waals surface area (Å²) in [7, 11) is 1.63. The van der Waals surface area contributed by atoms with Gasteiger partial charge in [0.15, 0.2) is 0 Å². The van der Waals surface area contributed by atoms with E-state index in [9.17, 15) is 4.79 Å². The minimum absolute atomic E-state index is 0.0134. The van der Waals surface area contributed by atoms with Gasteiger partial charge in [-0.15, -0.1) is 0 Å². The van der Waals surface area contributed by atoms with E-state index < -0.39 is 0 Å². The Hall–Kier alpha value is -2.82. The number of aromatic nitrogens is 2. The molecule has 0 aliphatic carbocycles. The Kier molecular flexibility index (Phi) is 4.05. The second-order valence-electron chi connectivity index (χ2n) is 5.03. The first-order valence-electron chi connectivity index (χ1n) is 7.06. The number of nitrogens with one attached hydrogen (secondary N) is 2. The van der Waals surface area contributed by atoms with Gasteiger partial charge in [-0.3, -0.25) is 9.78 Å². The van der Waals surface area contributed by atoms with Crippen LogP contribution in [0.25, 0.3) is 10.9 Å². The molecule has 1 amide bonds. The average molecular weight is 295 g/mol. The third-order valence-electron chi connectivity index (χ3n) is 3.56. The van der Waals surface area contributed by atoms with E-state index in [1.54, 1.807) is 19.5 Å². The van der Waals surface area contributed by atoms with Crippen LogP contribution in [0.15, 0.2) is 48.9 Å². The molecule has 2 aromatic heterocycles. The molecule has 0 bridgehead atoms. The van der Waals surface area contributed by atoms with Gasteiger partial charge in [0.1, 0.15) is 5.75 Å². The predicted octanol–water partition coefficient (Wildman–Crippen LogP) is 2.43. The zero-order valence-electron chi connectivity index (χ0n) is 12.3. The number of carbonyl (C=O) groups excluding carboxylic acids is 1. The minimum atomic E-state index is -0.0134. The molecule has 3 rings (SSSR count). The van der Waals surface area contributed by atoms with Crippen molar-refractivity contribution in [2.45, 2.75) is 13.0 Å². The Bertz CT molecular complexity index is 781. The standard InChI is InChI=1S/C17H17N3O2/c1-22-14-2-3-16-15(9-14)13(11-19-16)8-17(21)20-10-12-4-6-18-7-5-12/h2-7,9,11,19H,8,10H2,1H3,(H,20,21). The van der Waals surface area contributed by atoms with Crippen LogP contribution in [0.4, 0.5) is 0 Å². The lowest BCUT2D eigenvalue weighted by molar-refractivity contribution is -0.120. The van der Waals surface area contributed by atoms with E-state index >= 15 is 0 Å². The second kappa shape index (κ2) is 6.30. The number of carbonyl (C=O) groups is 1. The van der Waals surface area contributed by atoms with E-state index in [1.807, 2.05) is 36.5 Å². The van der Waals surface area contributed by atoms with E-state index in [4.69, 9.17) is 4.74 Å². The van der Waals surface area contributed by atoms with Crippen LogP contribution in [0.2, 0.25) is 0 Å². The quantitative estimate of drug-likeness (QED) is 0.759. The summed E-state index contributed by atoms with van der Waals surface area (Å²) < 4.78 is 5.24. The average Bonchev–Trinajstić information content (AvgIpc) is 2.96. The molecule has 0 unspecified atom stereocenters. The molecule has 0 radical (unpaired) electrons. The van der Waals surface area contributed by atoms with Crippen molar-refractivity contribution in [1.82, 2.24) is 15.3 Å². The topological polar surface area (TPSA) is 67.0 Å². The van der Waals surface area contributed by atoms with Crippen LogP contribution in [0.5, 0.6) is 5.75 Å². The van der Waals surface area contributed by atoms with E-state index in [1.165, 1.54) is 0 Å². The smallest absolute Gasteiger partial charge is 0.224 e. The Labute approximate surface area is 128 Å². The number of hydrogen-bond donors (Lipinski definition) is 2. The number of H-pyrrole nitrogens is 1. The molecule has 1 aromatic carbocycles. The highest BCUT2D eigenvalue weighted by molar-refractivity contribution is 5.89. The van der Waals surface area contributed by atoms with Gasteiger partial charge in [-0.2, -0.15) is 0 Å². The molecule has 0 aliphatic heterocycles. The third-order valence-corrected chi connectivity index (χ3v) is 3.56. The van der Waals surface area contributed by atoms with Crippen LogP contribution in [0, 0.1) is 0 Å². The van der Waals surface area contributed by atoms with Crippen molar-refractivity contribution in [2.24, 2.45) is 0 Å². The zero-order chi connectivity index (χ0) is 15.4. The summed E-state index contributed by atoms with van der Waals surface area (Å²) in [5.74, 6) is 0.770. The van der Waals surface area contributed by atoms with E-state index in [-0.39, 0.29) is 5.91 Å². The number of fused-ring (bicyclic) bond motifs is 1. The van der Waals surface area contributed by atoms with Crippen LogP contribution < -0.4 is 10.1 Å². The van der Waals surface area contributed by atoms with Crippen molar-refractivity contribution >= 4 is 16.8 Å². The minimum Gasteiger partial charge on any atom is -0.497 e. The largest absolute Gasteiger partial charge is 0.497 e. The number of aromatic amines is 1. The van der Waals surface area contributed by atoms with Crippen LogP contribution in [0.3, 0.4) is 0 Å². The first-order chi connectivity index (χ1) is 10.8. The number of benzene rings is 1. The Morgan fingerprint density at radius 3 is 2.86 bits per heavy atom. The van der Waals surface area contributed by atoms with E-state index in [0.29, 0.717) is 13.0 Å². The first kappa shape index (κ1) is 14.1. The van der Waals surface area contributed by atoms with Crippen molar-refractivity contribution in [3.63, 3.8) is 0 Å². The summed E-state index contributed by atoms with van der Waals surface area (Å²) in [6.45, 7) is 0.507. The number of amides is 1. The summed E-state index contributed by atoms with van der Waals surface area (Å²) in [5, 5.41) is 3.93. The summed E-state index contributed by atoms with van der Waals surface area (Å²) in [5.41, 5.74) is 2.99. The molecular weight excluding hydrogens is 278 g/mol. The fourth-order valence-corrected chi connectivity index (χ4v) is 2.37. The van der Waals surface area contributed by atoms with Gasteiger partial charge in [-0.05, 0) is 41.5 Å². The first-order valence-corrected chi connectivity index (χ1v) is 7.06. The zero-order valence-corrected chi connectivity index (χ0v) is 12.3. The summed E-state index contributed by atoms with van der Waals surface area (Å²) >= 11 is 0. The fourth-order valence-electron chi connectivity index (χ4n) is 2.37. The monoisotopic (exact) mass is 295 g/mol. The molecular formula is C17H17N3O2. The lowest BCUT2D eigenvalue weighted by Crippen LogP contribution is -2.24. The number of hydrogen-bond acceptors (Lipinski definition) is 3. The van der Waals surface area contributed by atoms with Gasteiger partial charge in [0.2, 0.25) is 5.91 Å². The summed E-state index contributed by atoms with van der Waals surface area (Å²) in [4.78, 5) is 19.2. The molecule has 0 fully saturated rings.